The molecule has 1 aliphatic rings. The molecule has 0 atom stereocenters. The second-order valence-corrected chi connectivity index (χ2v) is 5.41. The van der Waals surface area contributed by atoms with Crippen LogP contribution in [-0.4, -0.2) is 23.2 Å². The third-order valence-electron chi connectivity index (χ3n) is 3.54. The average molecular weight is 227 g/mol. The Kier molecular flexibility index (Phi) is 5.26. The molecule has 1 rings (SSSR count). The van der Waals surface area contributed by atoms with E-state index in [9.17, 15) is 9.90 Å². The van der Waals surface area contributed by atoms with Gasteiger partial charge in [0.1, 0.15) is 5.54 Å². The topological polar surface area (TPSA) is 49.3 Å². The average Bonchev–Trinajstić information content (AvgIpc) is 2.25. The highest BCUT2D eigenvalue weighted by Gasteiger charge is 2.38. The summed E-state index contributed by atoms with van der Waals surface area (Å²) in [4.78, 5) is 11.3. The molecule has 2 N–H and O–H groups in total. The highest BCUT2D eigenvalue weighted by Crippen LogP contribution is 2.28. The fourth-order valence-corrected chi connectivity index (χ4v) is 2.46. The van der Waals surface area contributed by atoms with Crippen LogP contribution in [0.1, 0.15) is 58.8 Å². The molecule has 0 spiro atoms. The predicted octanol–water partition coefficient (Wildman–Crippen LogP) is 2.80. The lowest BCUT2D eigenvalue weighted by Gasteiger charge is -2.34. The number of nitrogens with one attached hydrogen (secondary N) is 1. The van der Waals surface area contributed by atoms with E-state index in [1.165, 1.54) is 12.8 Å². The van der Waals surface area contributed by atoms with E-state index in [4.69, 9.17) is 0 Å². The van der Waals surface area contributed by atoms with Crippen molar-refractivity contribution in [3.63, 3.8) is 0 Å². The van der Waals surface area contributed by atoms with Crippen molar-refractivity contribution in [1.29, 1.82) is 0 Å². The van der Waals surface area contributed by atoms with Crippen molar-refractivity contribution in [3.05, 3.63) is 0 Å². The molecule has 0 aliphatic heterocycles. The second-order valence-electron chi connectivity index (χ2n) is 5.41. The normalized spacial score (nSPS) is 19.9. The fourth-order valence-electron chi connectivity index (χ4n) is 2.46. The molecule has 0 aromatic carbocycles. The van der Waals surface area contributed by atoms with Crippen LogP contribution in [0.5, 0.6) is 0 Å². The minimum Gasteiger partial charge on any atom is -0.480 e. The molecular formula is C13H25NO2. The van der Waals surface area contributed by atoms with E-state index in [0.29, 0.717) is 5.92 Å². The molecule has 16 heavy (non-hydrogen) atoms. The molecular weight excluding hydrogens is 202 g/mol. The first kappa shape index (κ1) is 13.5. The van der Waals surface area contributed by atoms with E-state index in [1.807, 2.05) is 0 Å². The SMILES string of the molecule is CC(C)CCCNC1(C(=O)O)CCCCC1. The van der Waals surface area contributed by atoms with E-state index < -0.39 is 11.5 Å². The molecule has 0 aromatic rings. The van der Waals surface area contributed by atoms with Crippen LogP contribution in [0.3, 0.4) is 0 Å². The number of aliphatic carboxylic acids is 1. The van der Waals surface area contributed by atoms with Gasteiger partial charge >= 0.3 is 5.97 Å². The molecule has 1 fully saturated rings. The Balaban J connectivity index is 2.36. The molecule has 1 aliphatic carbocycles. The third kappa shape index (κ3) is 3.78. The van der Waals surface area contributed by atoms with Gasteiger partial charge in [-0.3, -0.25) is 4.79 Å². The molecule has 94 valence electrons. The summed E-state index contributed by atoms with van der Waals surface area (Å²) in [7, 11) is 0. The Morgan fingerprint density at radius 1 is 1.31 bits per heavy atom. The van der Waals surface area contributed by atoms with Gasteiger partial charge in [0, 0.05) is 0 Å². The summed E-state index contributed by atoms with van der Waals surface area (Å²) < 4.78 is 0. The van der Waals surface area contributed by atoms with E-state index in [0.717, 1.165) is 38.6 Å². The quantitative estimate of drug-likeness (QED) is 0.686. The molecule has 3 heteroatoms. The van der Waals surface area contributed by atoms with Crippen LogP contribution in [0.2, 0.25) is 0 Å². The smallest absolute Gasteiger partial charge is 0.323 e. The molecule has 0 unspecified atom stereocenters. The largest absolute Gasteiger partial charge is 0.480 e. The van der Waals surface area contributed by atoms with Crippen LogP contribution in [-0.2, 0) is 4.79 Å². The Bertz CT molecular complexity index is 220. The maximum Gasteiger partial charge on any atom is 0.323 e. The van der Waals surface area contributed by atoms with Crippen molar-refractivity contribution in [2.24, 2.45) is 5.92 Å². The van der Waals surface area contributed by atoms with Gasteiger partial charge in [-0.15, -0.1) is 0 Å². The lowest BCUT2D eigenvalue weighted by molar-refractivity contribution is -0.146. The van der Waals surface area contributed by atoms with E-state index >= 15 is 0 Å². The maximum absolute atomic E-state index is 11.3. The van der Waals surface area contributed by atoms with Crippen molar-refractivity contribution in [1.82, 2.24) is 5.32 Å². The van der Waals surface area contributed by atoms with Gasteiger partial charge in [-0.05, 0) is 38.1 Å². The molecule has 0 heterocycles. The molecule has 0 bridgehead atoms. The number of rotatable bonds is 6. The van der Waals surface area contributed by atoms with Gasteiger partial charge < -0.3 is 10.4 Å². The third-order valence-corrected chi connectivity index (χ3v) is 3.54. The minimum absolute atomic E-state index is 0.616. The van der Waals surface area contributed by atoms with Crippen LogP contribution in [0.4, 0.5) is 0 Å². The van der Waals surface area contributed by atoms with Gasteiger partial charge in [0.25, 0.3) is 0 Å². The lowest BCUT2D eigenvalue weighted by atomic mass is 9.81. The van der Waals surface area contributed by atoms with Gasteiger partial charge in [-0.2, -0.15) is 0 Å². The Hall–Kier alpha value is -0.570. The zero-order valence-electron chi connectivity index (χ0n) is 10.6. The van der Waals surface area contributed by atoms with Crippen molar-refractivity contribution in [2.75, 3.05) is 6.54 Å². The highest BCUT2D eigenvalue weighted by molar-refractivity contribution is 5.78. The first-order valence-corrected chi connectivity index (χ1v) is 6.55. The summed E-state index contributed by atoms with van der Waals surface area (Å²) >= 11 is 0. The summed E-state index contributed by atoms with van der Waals surface area (Å²) in [5.74, 6) is 0.0469. The van der Waals surface area contributed by atoms with Gasteiger partial charge in [0.2, 0.25) is 0 Å². The van der Waals surface area contributed by atoms with Crippen molar-refractivity contribution < 1.29 is 9.90 Å². The monoisotopic (exact) mass is 227 g/mol. The summed E-state index contributed by atoms with van der Waals surface area (Å²) in [5.41, 5.74) is -0.616. The molecule has 3 nitrogen and oxygen atoms in total. The lowest BCUT2D eigenvalue weighted by Crippen LogP contribution is -2.53. The van der Waals surface area contributed by atoms with Gasteiger partial charge in [0.05, 0.1) is 0 Å². The molecule has 0 saturated heterocycles. The van der Waals surface area contributed by atoms with Crippen LogP contribution in [0.15, 0.2) is 0 Å². The first-order chi connectivity index (χ1) is 7.57. The number of carboxylic acid groups (broad SMARTS) is 1. The Morgan fingerprint density at radius 3 is 2.44 bits per heavy atom. The molecule has 0 amide bonds. The van der Waals surface area contributed by atoms with E-state index in [1.54, 1.807) is 0 Å². The van der Waals surface area contributed by atoms with Crippen LogP contribution in [0.25, 0.3) is 0 Å². The van der Waals surface area contributed by atoms with Gasteiger partial charge in [-0.1, -0.05) is 33.1 Å². The first-order valence-electron chi connectivity index (χ1n) is 6.55. The van der Waals surface area contributed by atoms with E-state index in [2.05, 4.69) is 19.2 Å². The predicted molar refractivity (Wildman–Crippen MR) is 65.5 cm³/mol. The number of hydrogen-bond donors (Lipinski definition) is 2. The Morgan fingerprint density at radius 2 is 1.94 bits per heavy atom. The Labute approximate surface area is 98.6 Å². The highest BCUT2D eigenvalue weighted by atomic mass is 16.4. The van der Waals surface area contributed by atoms with Gasteiger partial charge in [-0.25, -0.2) is 0 Å². The van der Waals surface area contributed by atoms with Crippen molar-refractivity contribution in [3.8, 4) is 0 Å². The molecule has 0 aromatic heterocycles. The number of hydrogen-bond acceptors (Lipinski definition) is 2. The minimum atomic E-state index is -0.656. The standard InChI is InChI=1S/C13H25NO2/c1-11(2)7-6-10-14-13(12(15)16)8-4-3-5-9-13/h11,14H,3-10H2,1-2H3,(H,15,16). The molecule has 0 radical (unpaired) electrons. The van der Waals surface area contributed by atoms with Gasteiger partial charge in [0.15, 0.2) is 0 Å². The maximum atomic E-state index is 11.3. The zero-order chi connectivity index (χ0) is 12.0. The fraction of sp³-hybridized carbons (Fsp3) is 0.923. The van der Waals surface area contributed by atoms with Crippen LogP contribution >= 0.6 is 0 Å². The second kappa shape index (κ2) is 6.24. The zero-order valence-corrected chi connectivity index (χ0v) is 10.6. The number of carbonyl (C=O) groups is 1. The summed E-state index contributed by atoms with van der Waals surface area (Å²) in [5, 5.41) is 12.6. The van der Waals surface area contributed by atoms with E-state index in [-0.39, 0.29) is 0 Å². The summed E-state index contributed by atoms with van der Waals surface area (Å²) in [6.45, 7) is 5.24. The summed E-state index contributed by atoms with van der Waals surface area (Å²) in [6.07, 6.45) is 7.11. The van der Waals surface area contributed by atoms with Crippen LogP contribution in [0, 0.1) is 5.92 Å². The number of carboxylic acids is 1. The van der Waals surface area contributed by atoms with Crippen molar-refractivity contribution >= 4 is 5.97 Å². The molecule has 1 saturated carbocycles. The van der Waals surface area contributed by atoms with Crippen molar-refractivity contribution in [2.45, 2.75) is 64.3 Å². The van der Waals surface area contributed by atoms with Crippen LogP contribution < -0.4 is 5.32 Å². The summed E-state index contributed by atoms with van der Waals surface area (Å²) in [6, 6.07) is 0.